The summed E-state index contributed by atoms with van der Waals surface area (Å²) in [5.74, 6) is 0.0662. The van der Waals surface area contributed by atoms with Crippen LogP contribution in [0.25, 0.3) is 11.1 Å². The number of hydrogen-bond donors (Lipinski definition) is 0. The quantitative estimate of drug-likeness (QED) is 0.575. The molecule has 7 heteroatoms. The summed E-state index contributed by atoms with van der Waals surface area (Å²) in [5.41, 5.74) is 1.65. The van der Waals surface area contributed by atoms with E-state index in [-0.39, 0.29) is 17.4 Å². The Hall–Kier alpha value is -2.05. The summed E-state index contributed by atoms with van der Waals surface area (Å²) in [6, 6.07) is 10.1. The summed E-state index contributed by atoms with van der Waals surface area (Å²) in [4.78, 5) is 12.3. The summed E-state index contributed by atoms with van der Waals surface area (Å²) < 4.78 is 35.2. The monoisotopic (exact) mass is 438 g/mol. The Morgan fingerprint density at radius 3 is 2.28 bits per heavy atom. The minimum Gasteiger partial charge on any atom is -0.481 e. The van der Waals surface area contributed by atoms with Crippen LogP contribution >= 0.6 is 11.6 Å². The predicted octanol–water partition coefficient (Wildman–Crippen LogP) is 5.25. The Morgan fingerprint density at radius 2 is 1.72 bits per heavy atom. The molecule has 0 aliphatic heterocycles. The number of sulfone groups is 1. The fraction of sp³-hybridized carbons (Fsp3) is 0.409. The summed E-state index contributed by atoms with van der Waals surface area (Å²) in [7, 11) is -3.39. The van der Waals surface area contributed by atoms with Gasteiger partial charge < -0.3 is 9.47 Å². The van der Waals surface area contributed by atoms with E-state index in [1.54, 1.807) is 57.2 Å². The highest BCUT2D eigenvalue weighted by Gasteiger charge is 2.20. The zero-order chi connectivity index (χ0) is 22.0. The van der Waals surface area contributed by atoms with Gasteiger partial charge in [-0.3, -0.25) is 0 Å². The zero-order valence-corrected chi connectivity index (χ0v) is 19.1. The third-order valence-corrected chi connectivity index (χ3v) is 5.42. The Morgan fingerprint density at radius 1 is 1.07 bits per heavy atom. The van der Waals surface area contributed by atoms with Gasteiger partial charge in [0.15, 0.2) is 16.4 Å². The van der Waals surface area contributed by atoms with E-state index in [4.69, 9.17) is 21.1 Å². The van der Waals surface area contributed by atoms with Crippen molar-refractivity contribution in [1.82, 2.24) is 0 Å². The van der Waals surface area contributed by atoms with Gasteiger partial charge in [-0.25, -0.2) is 13.2 Å². The number of halogens is 1. The molecule has 0 saturated carbocycles. The molecule has 0 fully saturated rings. The van der Waals surface area contributed by atoms with Crippen molar-refractivity contribution in [2.45, 2.75) is 51.0 Å². The Kier molecular flexibility index (Phi) is 7.01. The molecule has 0 spiro atoms. The smallest absolute Gasteiger partial charge is 0.344 e. The number of benzene rings is 2. The third kappa shape index (κ3) is 6.47. The fourth-order valence-corrected chi connectivity index (χ4v) is 3.67. The van der Waals surface area contributed by atoms with Crippen molar-refractivity contribution in [3.8, 4) is 16.9 Å². The van der Waals surface area contributed by atoms with Gasteiger partial charge in [-0.1, -0.05) is 31.5 Å². The maximum Gasteiger partial charge on any atom is 0.344 e. The fourth-order valence-electron chi connectivity index (χ4n) is 2.85. The van der Waals surface area contributed by atoms with Gasteiger partial charge in [-0.15, -0.1) is 0 Å². The molecule has 0 aromatic heterocycles. The molecule has 0 N–H and O–H groups in total. The van der Waals surface area contributed by atoms with Crippen molar-refractivity contribution in [2.24, 2.45) is 0 Å². The van der Waals surface area contributed by atoms with Gasteiger partial charge in [-0.05, 0) is 68.1 Å². The Labute approximate surface area is 177 Å². The summed E-state index contributed by atoms with van der Waals surface area (Å²) in [6.45, 7) is 9.11. The van der Waals surface area contributed by atoms with Gasteiger partial charge in [0.05, 0.1) is 4.90 Å². The molecular weight excluding hydrogens is 412 g/mol. The number of ether oxygens (including phenoxy) is 2. The first-order chi connectivity index (χ1) is 13.3. The minimum atomic E-state index is -3.39. The van der Waals surface area contributed by atoms with Gasteiger partial charge in [0.25, 0.3) is 0 Å². The highest BCUT2D eigenvalue weighted by atomic mass is 35.5. The second kappa shape index (κ2) is 8.76. The van der Waals surface area contributed by atoms with Crippen LogP contribution in [0.15, 0.2) is 41.3 Å². The van der Waals surface area contributed by atoms with Crippen LogP contribution in [0.2, 0.25) is 5.02 Å². The van der Waals surface area contributed by atoms with Crippen LogP contribution in [-0.4, -0.2) is 32.9 Å². The molecule has 2 aromatic carbocycles. The van der Waals surface area contributed by atoms with Gasteiger partial charge in [0.1, 0.15) is 11.4 Å². The van der Waals surface area contributed by atoms with Crippen molar-refractivity contribution >= 4 is 27.4 Å². The third-order valence-electron chi connectivity index (χ3n) is 4.07. The van der Waals surface area contributed by atoms with Crippen LogP contribution in [0.4, 0.5) is 0 Å². The minimum absolute atomic E-state index is 0.135. The molecule has 0 atom stereocenters. The molecule has 0 aliphatic carbocycles. The molecule has 0 radical (unpaired) electrons. The molecule has 0 amide bonds. The largest absolute Gasteiger partial charge is 0.481 e. The van der Waals surface area contributed by atoms with Crippen LogP contribution in [0.1, 0.15) is 46.1 Å². The second-order valence-corrected chi connectivity index (χ2v) is 10.6. The van der Waals surface area contributed by atoms with Gasteiger partial charge >= 0.3 is 5.97 Å². The average Bonchev–Trinajstić information content (AvgIpc) is 2.57. The molecule has 0 unspecified atom stereocenters. The number of esters is 1. The first-order valence-electron chi connectivity index (χ1n) is 9.26. The van der Waals surface area contributed by atoms with Crippen molar-refractivity contribution < 1.29 is 22.7 Å². The lowest BCUT2D eigenvalue weighted by atomic mass is 9.92. The van der Waals surface area contributed by atoms with Crippen molar-refractivity contribution in [1.29, 1.82) is 0 Å². The van der Waals surface area contributed by atoms with E-state index in [0.29, 0.717) is 21.9 Å². The zero-order valence-electron chi connectivity index (χ0n) is 17.6. The molecule has 2 rings (SSSR count). The lowest BCUT2D eigenvalue weighted by Gasteiger charge is -2.21. The van der Waals surface area contributed by atoms with Crippen LogP contribution in [0.3, 0.4) is 0 Å². The average molecular weight is 439 g/mol. The van der Waals surface area contributed by atoms with E-state index in [0.717, 1.165) is 5.56 Å². The van der Waals surface area contributed by atoms with Crippen LogP contribution < -0.4 is 4.74 Å². The van der Waals surface area contributed by atoms with Crippen LogP contribution in [0, 0.1) is 0 Å². The molecule has 158 valence electrons. The first kappa shape index (κ1) is 23.2. The Bertz CT molecular complexity index is 1000. The molecule has 0 heterocycles. The highest BCUT2D eigenvalue weighted by Crippen LogP contribution is 2.38. The Balaban J connectivity index is 2.51. The normalized spacial score (nSPS) is 12.1. The van der Waals surface area contributed by atoms with E-state index >= 15 is 0 Å². The standard InChI is InChI=1S/C22H27ClO5S/c1-14(2)17-9-8-16(29(6,25)26)12-18(17)19-11-15(23)7-10-20(19)27-13-21(24)28-22(3,4)5/h7-12,14H,13H2,1-6H3. The molecule has 2 aromatic rings. The summed E-state index contributed by atoms with van der Waals surface area (Å²) in [6.07, 6.45) is 1.17. The first-order valence-corrected chi connectivity index (χ1v) is 11.5. The van der Waals surface area contributed by atoms with E-state index in [9.17, 15) is 13.2 Å². The van der Waals surface area contributed by atoms with Crippen molar-refractivity contribution in [2.75, 3.05) is 12.9 Å². The topological polar surface area (TPSA) is 69.7 Å². The number of carbonyl (C=O) groups is 1. The SMILES string of the molecule is CC(C)c1ccc(S(C)(=O)=O)cc1-c1cc(Cl)ccc1OCC(=O)OC(C)(C)C. The molecule has 0 bridgehead atoms. The molecule has 29 heavy (non-hydrogen) atoms. The number of carbonyl (C=O) groups excluding carboxylic acids is 1. The summed E-state index contributed by atoms with van der Waals surface area (Å²) in [5, 5.41) is 0.476. The lowest BCUT2D eigenvalue weighted by Crippen LogP contribution is -2.27. The van der Waals surface area contributed by atoms with Gasteiger partial charge in [0.2, 0.25) is 0 Å². The van der Waals surface area contributed by atoms with E-state index in [1.807, 2.05) is 13.8 Å². The number of rotatable bonds is 6. The van der Waals surface area contributed by atoms with Crippen molar-refractivity contribution in [3.05, 3.63) is 47.0 Å². The van der Waals surface area contributed by atoms with Gasteiger partial charge in [-0.2, -0.15) is 0 Å². The molecule has 0 aliphatic rings. The van der Waals surface area contributed by atoms with Crippen LogP contribution in [0.5, 0.6) is 5.75 Å². The van der Waals surface area contributed by atoms with Crippen LogP contribution in [-0.2, 0) is 19.4 Å². The number of hydrogen-bond acceptors (Lipinski definition) is 5. The van der Waals surface area contributed by atoms with E-state index in [1.165, 1.54) is 6.26 Å². The maximum atomic E-state index is 12.1. The lowest BCUT2D eigenvalue weighted by molar-refractivity contribution is -0.157. The molecular formula is C22H27ClO5S. The highest BCUT2D eigenvalue weighted by molar-refractivity contribution is 7.90. The maximum absolute atomic E-state index is 12.1. The van der Waals surface area contributed by atoms with Gasteiger partial charge in [0, 0.05) is 16.8 Å². The summed E-state index contributed by atoms with van der Waals surface area (Å²) >= 11 is 6.21. The molecule has 0 saturated heterocycles. The predicted molar refractivity (Wildman–Crippen MR) is 115 cm³/mol. The van der Waals surface area contributed by atoms with Crippen molar-refractivity contribution in [3.63, 3.8) is 0 Å². The second-order valence-electron chi connectivity index (χ2n) is 8.19. The van der Waals surface area contributed by atoms with E-state index < -0.39 is 21.4 Å². The van der Waals surface area contributed by atoms with E-state index in [2.05, 4.69) is 0 Å². The molecule has 5 nitrogen and oxygen atoms in total.